The van der Waals surface area contributed by atoms with Crippen LogP contribution in [0.3, 0.4) is 0 Å². The van der Waals surface area contributed by atoms with Crippen molar-refractivity contribution >= 4 is 18.0 Å². The first kappa shape index (κ1) is 31.9. The lowest BCUT2D eigenvalue weighted by atomic mass is 10.3. The van der Waals surface area contributed by atoms with E-state index >= 15 is 0 Å². The number of urea groups is 1. The Bertz CT molecular complexity index is 804. The van der Waals surface area contributed by atoms with E-state index in [2.05, 4.69) is 19.8 Å². The van der Waals surface area contributed by atoms with Gasteiger partial charge in [-0.2, -0.15) is 26.3 Å². The maximum atomic E-state index is 11.6. The number of carboxylic acids is 2. The highest BCUT2D eigenvalue weighted by molar-refractivity contribution is 5.73. The molecule has 1 aliphatic rings. The third kappa shape index (κ3) is 12.8. The number of nitrogens with zero attached hydrogens (tertiary/aromatic N) is 4. The van der Waals surface area contributed by atoms with Gasteiger partial charge in [0.15, 0.2) is 0 Å². The van der Waals surface area contributed by atoms with Gasteiger partial charge in [-0.1, -0.05) is 0 Å². The molecule has 0 saturated heterocycles. The molecule has 11 nitrogen and oxygen atoms in total. The van der Waals surface area contributed by atoms with Gasteiger partial charge in [-0.15, -0.1) is 0 Å². The first-order chi connectivity index (χ1) is 16.0. The molecule has 0 radical (unpaired) electrons. The molecule has 0 aliphatic carbocycles. The minimum atomic E-state index is -5.08. The predicted octanol–water partition coefficient (Wildman–Crippen LogP) is 1.77. The number of hydrogen-bond acceptors (Lipinski definition) is 6. The fraction of sp³-hybridized carbons (Fsp3) is 0.667. The molecule has 1 aromatic rings. The zero-order valence-corrected chi connectivity index (χ0v) is 19.1. The molecular weight excluding hydrogens is 496 g/mol. The lowest BCUT2D eigenvalue weighted by molar-refractivity contribution is -0.193. The minimum Gasteiger partial charge on any atom is -0.475 e. The van der Waals surface area contributed by atoms with Gasteiger partial charge < -0.3 is 29.7 Å². The van der Waals surface area contributed by atoms with Gasteiger partial charge in [0.25, 0.3) is 0 Å². The van der Waals surface area contributed by atoms with E-state index in [0.717, 1.165) is 44.9 Å². The Morgan fingerprint density at radius 2 is 1.60 bits per heavy atom. The minimum absolute atomic E-state index is 0.0957. The molecular formula is C18H27F6N5O6. The van der Waals surface area contributed by atoms with E-state index in [1.54, 1.807) is 21.2 Å². The quantitative estimate of drug-likeness (QED) is 0.497. The van der Waals surface area contributed by atoms with E-state index in [9.17, 15) is 31.1 Å². The molecule has 1 aliphatic heterocycles. The summed E-state index contributed by atoms with van der Waals surface area (Å²) < 4.78 is 70.8. The summed E-state index contributed by atoms with van der Waals surface area (Å²) in [6.45, 7) is 5.03. The summed E-state index contributed by atoms with van der Waals surface area (Å²) in [4.78, 5) is 37.8. The number of methoxy groups -OCH3 is 1. The summed E-state index contributed by atoms with van der Waals surface area (Å²) in [5.74, 6) is -5.51. The van der Waals surface area contributed by atoms with E-state index in [1.165, 1.54) is 10.6 Å². The lowest BCUT2D eigenvalue weighted by Gasteiger charge is -2.19. The number of ether oxygens (including phenoxy) is 1. The van der Waals surface area contributed by atoms with Crippen LogP contribution >= 0.6 is 0 Å². The molecule has 2 rings (SSSR count). The van der Waals surface area contributed by atoms with Crippen LogP contribution in [0.15, 0.2) is 6.33 Å². The molecule has 0 atom stereocenters. The van der Waals surface area contributed by atoms with Crippen LogP contribution in [0.5, 0.6) is 0 Å². The molecule has 0 aromatic carbocycles. The zero-order chi connectivity index (χ0) is 27.4. The Labute approximate surface area is 196 Å². The number of imidazole rings is 1. The van der Waals surface area contributed by atoms with Crippen LogP contribution in [0.2, 0.25) is 0 Å². The Balaban J connectivity index is 0.000000680. The number of alkyl halides is 6. The Hall–Kier alpha value is -3.08. The largest absolute Gasteiger partial charge is 0.490 e. The van der Waals surface area contributed by atoms with Crippen LogP contribution in [0, 0.1) is 0 Å². The van der Waals surface area contributed by atoms with Gasteiger partial charge in [0.1, 0.15) is 0 Å². The lowest BCUT2D eigenvalue weighted by Crippen LogP contribution is -2.34. The third-order valence-corrected chi connectivity index (χ3v) is 4.19. The summed E-state index contributed by atoms with van der Waals surface area (Å²) in [5, 5.41) is 17.1. The molecule has 2 amide bonds. The number of aryl methyl sites for hydroxylation is 1. The first-order valence-corrected chi connectivity index (χ1v) is 9.80. The topological polar surface area (TPSA) is 137 Å². The number of carbonyl (C=O) groups is 3. The summed E-state index contributed by atoms with van der Waals surface area (Å²) in [6, 6.07) is -0.0957. The second-order valence-corrected chi connectivity index (χ2v) is 7.11. The standard InChI is InChI=1S/C14H25N5O2.2C2HF3O2/c1-17(2)14(20)15-9-12-13-10-18(7-8-21-3)5-4-6-19(13)11-16-12;2*3-2(4,5)1(6)7/h11H,4-10H2,1-3H3,(H,15,20);2*(H,6,7). The van der Waals surface area contributed by atoms with Crippen molar-refractivity contribution in [1.82, 2.24) is 24.7 Å². The average molecular weight is 523 g/mol. The van der Waals surface area contributed by atoms with E-state index < -0.39 is 24.3 Å². The molecule has 35 heavy (non-hydrogen) atoms. The predicted molar refractivity (Wildman–Crippen MR) is 107 cm³/mol. The van der Waals surface area contributed by atoms with Crippen molar-refractivity contribution in [3.8, 4) is 0 Å². The van der Waals surface area contributed by atoms with E-state index in [1.807, 2.05) is 6.33 Å². The van der Waals surface area contributed by atoms with Crippen molar-refractivity contribution in [2.75, 3.05) is 40.9 Å². The molecule has 1 aromatic heterocycles. The third-order valence-electron chi connectivity index (χ3n) is 4.19. The molecule has 0 unspecified atom stereocenters. The molecule has 2 heterocycles. The number of halogens is 6. The molecule has 0 saturated carbocycles. The van der Waals surface area contributed by atoms with Crippen molar-refractivity contribution < 1.29 is 55.7 Å². The van der Waals surface area contributed by atoms with Gasteiger partial charge in [-0.25, -0.2) is 19.4 Å². The molecule has 17 heteroatoms. The number of hydrogen-bond donors (Lipinski definition) is 3. The van der Waals surface area contributed by atoms with E-state index in [-0.39, 0.29) is 6.03 Å². The molecule has 3 N–H and O–H groups in total. The maximum Gasteiger partial charge on any atom is 0.490 e. The summed E-state index contributed by atoms with van der Waals surface area (Å²) in [6.07, 6.45) is -7.18. The Morgan fingerprint density at radius 3 is 2.03 bits per heavy atom. The highest BCUT2D eigenvalue weighted by Gasteiger charge is 2.38. The number of carbonyl (C=O) groups excluding carboxylic acids is 1. The van der Waals surface area contributed by atoms with Crippen molar-refractivity contribution in [2.24, 2.45) is 0 Å². The number of fused-ring (bicyclic) bond motifs is 1. The first-order valence-electron chi connectivity index (χ1n) is 9.80. The fourth-order valence-corrected chi connectivity index (χ4v) is 2.46. The second-order valence-electron chi connectivity index (χ2n) is 7.11. The molecule has 0 fully saturated rings. The van der Waals surface area contributed by atoms with Gasteiger partial charge in [0.05, 0.1) is 30.9 Å². The average Bonchev–Trinajstić information content (AvgIpc) is 2.98. The highest BCUT2D eigenvalue weighted by atomic mass is 19.4. The summed E-state index contributed by atoms with van der Waals surface area (Å²) in [5.41, 5.74) is 2.15. The van der Waals surface area contributed by atoms with Crippen molar-refractivity contribution in [1.29, 1.82) is 0 Å². The van der Waals surface area contributed by atoms with Crippen LogP contribution in [0.1, 0.15) is 17.8 Å². The monoisotopic (exact) mass is 523 g/mol. The number of nitrogens with one attached hydrogen (secondary N) is 1. The van der Waals surface area contributed by atoms with Gasteiger partial charge in [-0.3, -0.25) is 4.90 Å². The van der Waals surface area contributed by atoms with Gasteiger partial charge >= 0.3 is 30.3 Å². The highest BCUT2D eigenvalue weighted by Crippen LogP contribution is 2.16. The SMILES string of the molecule is COCCN1CCCn2cnc(CNC(=O)N(C)C)c2C1.O=C(O)C(F)(F)F.O=C(O)C(F)(F)F. The molecule has 0 bridgehead atoms. The number of aromatic nitrogens is 2. The molecule has 0 spiro atoms. The number of rotatable bonds is 5. The Kier molecular flexibility index (Phi) is 13.1. The van der Waals surface area contributed by atoms with E-state index in [0.29, 0.717) is 6.54 Å². The Morgan fingerprint density at radius 1 is 1.09 bits per heavy atom. The van der Waals surface area contributed by atoms with Gasteiger partial charge in [-0.05, 0) is 6.42 Å². The normalized spacial score (nSPS) is 13.7. The fourth-order valence-electron chi connectivity index (χ4n) is 2.46. The maximum absolute atomic E-state index is 11.6. The number of amides is 2. The molecule has 202 valence electrons. The summed E-state index contributed by atoms with van der Waals surface area (Å²) >= 11 is 0. The summed E-state index contributed by atoms with van der Waals surface area (Å²) in [7, 11) is 5.19. The van der Waals surface area contributed by atoms with Gasteiger partial charge in [0, 0.05) is 47.4 Å². The van der Waals surface area contributed by atoms with Crippen LogP contribution in [0.25, 0.3) is 0 Å². The van der Waals surface area contributed by atoms with Crippen LogP contribution < -0.4 is 5.32 Å². The van der Waals surface area contributed by atoms with Crippen LogP contribution in [-0.4, -0.2) is 101 Å². The van der Waals surface area contributed by atoms with Crippen LogP contribution in [0.4, 0.5) is 31.1 Å². The van der Waals surface area contributed by atoms with Crippen LogP contribution in [-0.2, 0) is 34.0 Å². The van der Waals surface area contributed by atoms with Crippen molar-refractivity contribution in [3.05, 3.63) is 17.7 Å². The zero-order valence-electron chi connectivity index (χ0n) is 19.1. The van der Waals surface area contributed by atoms with Crippen molar-refractivity contribution in [2.45, 2.75) is 38.4 Å². The smallest absolute Gasteiger partial charge is 0.475 e. The number of aliphatic carboxylic acids is 2. The van der Waals surface area contributed by atoms with E-state index in [4.69, 9.17) is 24.5 Å². The van der Waals surface area contributed by atoms with Crippen molar-refractivity contribution in [3.63, 3.8) is 0 Å². The number of carboxylic acid groups (broad SMARTS) is 2. The van der Waals surface area contributed by atoms with Gasteiger partial charge in [0.2, 0.25) is 0 Å². The second kappa shape index (κ2) is 14.3.